The Morgan fingerprint density at radius 3 is 2.47 bits per heavy atom. The zero-order chi connectivity index (χ0) is 13.5. The van der Waals surface area contributed by atoms with Crippen molar-refractivity contribution in [2.45, 2.75) is 6.54 Å². The van der Waals surface area contributed by atoms with E-state index in [0.29, 0.717) is 12.4 Å². The Morgan fingerprint density at radius 1 is 1.05 bits per heavy atom. The fourth-order valence-electron chi connectivity index (χ4n) is 1.65. The predicted octanol–water partition coefficient (Wildman–Crippen LogP) is 3.17. The maximum absolute atomic E-state index is 9.60. The van der Waals surface area contributed by atoms with Gasteiger partial charge in [0.1, 0.15) is 11.6 Å². The summed E-state index contributed by atoms with van der Waals surface area (Å²) < 4.78 is 0. The van der Waals surface area contributed by atoms with Crippen LogP contribution in [0.4, 0.5) is 0 Å². The van der Waals surface area contributed by atoms with Crippen molar-refractivity contribution in [1.82, 2.24) is 5.32 Å². The molecule has 0 fully saturated rings. The maximum atomic E-state index is 9.60. The number of amidine groups is 1. The van der Waals surface area contributed by atoms with Gasteiger partial charge in [-0.3, -0.25) is 5.41 Å². The molecule has 96 valence electrons. The Balaban J connectivity index is 1.89. The quantitative estimate of drug-likeness (QED) is 0.578. The summed E-state index contributed by atoms with van der Waals surface area (Å²) in [6.45, 7) is 0.435. The lowest BCUT2D eigenvalue weighted by molar-refractivity contribution is 0.467. The molecule has 0 amide bonds. The van der Waals surface area contributed by atoms with Gasteiger partial charge < -0.3 is 10.4 Å². The highest BCUT2D eigenvalue weighted by Gasteiger charge is 1.99. The molecule has 0 aliphatic carbocycles. The molecule has 19 heavy (non-hydrogen) atoms. The average Bonchev–Trinajstić information content (AvgIpc) is 2.45. The summed E-state index contributed by atoms with van der Waals surface area (Å²) in [4.78, 5) is 0. The van der Waals surface area contributed by atoms with Crippen molar-refractivity contribution in [3.05, 3.63) is 71.8 Å². The lowest BCUT2D eigenvalue weighted by Gasteiger charge is -2.06. The van der Waals surface area contributed by atoms with Gasteiger partial charge in [-0.15, -0.1) is 0 Å². The van der Waals surface area contributed by atoms with Gasteiger partial charge in [0.05, 0.1) is 0 Å². The van der Waals surface area contributed by atoms with Crippen LogP contribution in [0.2, 0.25) is 0 Å². The van der Waals surface area contributed by atoms with E-state index in [1.807, 2.05) is 48.5 Å². The largest absolute Gasteiger partial charge is 0.508 e. The van der Waals surface area contributed by atoms with E-state index in [4.69, 9.17) is 5.41 Å². The van der Waals surface area contributed by atoms with Gasteiger partial charge >= 0.3 is 0 Å². The van der Waals surface area contributed by atoms with E-state index >= 15 is 0 Å². The van der Waals surface area contributed by atoms with Gasteiger partial charge in [0.25, 0.3) is 0 Å². The Kier molecular flexibility index (Phi) is 4.34. The molecular formula is C16H16N2O. The highest BCUT2D eigenvalue weighted by Crippen LogP contribution is 2.14. The number of phenols is 1. The first-order valence-corrected chi connectivity index (χ1v) is 6.08. The number of nitrogens with one attached hydrogen (secondary N) is 2. The first-order valence-electron chi connectivity index (χ1n) is 6.08. The molecule has 2 aromatic rings. The van der Waals surface area contributed by atoms with Crippen molar-refractivity contribution in [3.63, 3.8) is 0 Å². The monoisotopic (exact) mass is 252 g/mol. The van der Waals surface area contributed by atoms with Crippen LogP contribution in [0.5, 0.6) is 5.75 Å². The van der Waals surface area contributed by atoms with Gasteiger partial charge in [-0.05, 0) is 17.7 Å². The summed E-state index contributed by atoms with van der Waals surface area (Å²) in [5.74, 6) is 0.557. The molecule has 3 heteroatoms. The highest BCUT2D eigenvalue weighted by atomic mass is 16.3. The summed E-state index contributed by atoms with van der Waals surface area (Å²) in [7, 11) is 0. The van der Waals surface area contributed by atoms with Crippen molar-refractivity contribution in [2.75, 3.05) is 0 Å². The fraction of sp³-hybridized carbons (Fsp3) is 0.0625. The predicted molar refractivity (Wildman–Crippen MR) is 78.1 cm³/mol. The van der Waals surface area contributed by atoms with Gasteiger partial charge in [-0.2, -0.15) is 0 Å². The Bertz CT molecular complexity index is 576. The molecule has 2 rings (SSSR count). The lowest BCUT2D eigenvalue weighted by atomic mass is 10.2. The smallest absolute Gasteiger partial charge is 0.120 e. The second-order valence-corrected chi connectivity index (χ2v) is 4.14. The van der Waals surface area contributed by atoms with Crippen LogP contribution in [0.3, 0.4) is 0 Å². The van der Waals surface area contributed by atoms with Gasteiger partial charge in [0.15, 0.2) is 0 Å². The highest BCUT2D eigenvalue weighted by molar-refractivity contribution is 5.93. The van der Waals surface area contributed by atoms with E-state index < -0.39 is 0 Å². The number of rotatable bonds is 4. The molecule has 0 radical (unpaired) electrons. The third-order valence-corrected chi connectivity index (χ3v) is 2.70. The molecule has 0 unspecified atom stereocenters. The summed E-state index contributed by atoms with van der Waals surface area (Å²) in [6.07, 6.45) is 3.58. The number of aromatic hydroxyl groups is 1. The van der Waals surface area contributed by atoms with E-state index in [9.17, 15) is 5.11 Å². The van der Waals surface area contributed by atoms with Crippen LogP contribution in [0.25, 0.3) is 6.08 Å². The second kappa shape index (κ2) is 6.40. The number of para-hydroxylation sites is 1. The number of benzene rings is 2. The molecule has 3 N–H and O–H groups in total. The molecule has 0 saturated heterocycles. The minimum Gasteiger partial charge on any atom is -0.508 e. The zero-order valence-electron chi connectivity index (χ0n) is 10.5. The van der Waals surface area contributed by atoms with Crippen LogP contribution in [0.1, 0.15) is 11.1 Å². The summed E-state index contributed by atoms with van der Waals surface area (Å²) >= 11 is 0. The van der Waals surface area contributed by atoms with E-state index in [1.165, 1.54) is 0 Å². The Labute approximate surface area is 112 Å². The third kappa shape index (κ3) is 4.00. The average molecular weight is 252 g/mol. The molecular weight excluding hydrogens is 236 g/mol. The Morgan fingerprint density at radius 2 is 1.74 bits per heavy atom. The molecule has 0 aromatic heterocycles. The summed E-state index contributed by atoms with van der Waals surface area (Å²) in [5.41, 5.74) is 1.83. The van der Waals surface area contributed by atoms with Gasteiger partial charge in [-0.1, -0.05) is 54.6 Å². The number of phenolic OH excluding ortho intramolecular Hbond substituents is 1. The zero-order valence-corrected chi connectivity index (χ0v) is 10.5. The topological polar surface area (TPSA) is 56.1 Å². The minimum atomic E-state index is 0.245. The van der Waals surface area contributed by atoms with Crippen LogP contribution < -0.4 is 5.32 Å². The van der Waals surface area contributed by atoms with Crippen molar-refractivity contribution in [1.29, 1.82) is 5.41 Å². The van der Waals surface area contributed by atoms with Crippen LogP contribution in [-0.2, 0) is 6.54 Å². The SMILES string of the molecule is N=C(/C=C/c1ccccc1)NCc1ccccc1O. The minimum absolute atomic E-state index is 0.245. The number of hydrogen-bond donors (Lipinski definition) is 3. The molecule has 0 bridgehead atoms. The van der Waals surface area contributed by atoms with Crippen molar-refractivity contribution in [3.8, 4) is 5.75 Å². The second-order valence-electron chi connectivity index (χ2n) is 4.14. The first-order chi connectivity index (χ1) is 9.25. The van der Waals surface area contributed by atoms with Crippen molar-refractivity contribution in [2.24, 2.45) is 0 Å². The van der Waals surface area contributed by atoms with Gasteiger partial charge in [0.2, 0.25) is 0 Å². The van der Waals surface area contributed by atoms with Crippen LogP contribution in [-0.4, -0.2) is 10.9 Å². The summed E-state index contributed by atoms with van der Waals surface area (Å²) in [5, 5.41) is 20.3. The molecule has 0 aliphatic rings. The fourth-order valence-corrected chi connectivity index (χ4v) is 1.65. The van der Waals surface area contributed by atoms with E-state index in [-0.39, 0.29) is 5.75 Å². The standard InChI is InChI=1S/C16H16N2O/c17-16(11-10-13-6-2-1-3-7-13)18-12-14-8-4-5-9-15(14)19/h1-11,19H,12H2,(H2,17,18)/b11-10+. The molecule has 3 nitrogen and oxygen atoms in total. The third-order valence-electron chi connectivity index (χ3n) is 2.70. The van der Waals surface area contributed by atoms with Crippen molar-refractivity contribution < 1.29 is 5.11 Å². The van der Waals surface area contributed by atoms with E-state index in [0.717, 1.165) is 11.1 Å². The van der Waals surface area contributed by atoms with Crippen LogP contribution in [0.15, 0.2) is 60.7 Å². The number of hydrogen-bond acceptors (Lipinski definition) is 2. The van der Waals surface area contributed by atoms with E-state index in [1.54, 1.807) is 18.2 Å². The normalized spacial score (nSPS) is 10.5. The van der Waals surface area contributed by atoms with E-state index in [2.05, 4.69) is 5.32 Å². The Hall–Kier alpha value is -2.55. The molecule has 0 heterocycles. The molecule has 2 aromatic carbocycles. The maximum Gasteiger partial charge on any atom is 0.120 e. The van der Waals surface area contributed by atoms with Crippen molar-refractivity contribution >= 4 is 11.9 Å². The van der Waals surface area contributed by atoms with Crippen LogP contribution >= 0.6 is 0 Å². The summed E-state index contributed by atoms with van der Waals surface area (Å²) in [6, 6.07) is 16.9. The molecule has 0 saturated carbocycles. The van der Waals surface area contributed by atoms with Gasteiger partial charge in [0, 0.05) is 12.1 Å². The molecule has 0 spiro atoms. The lowest BCUT2D eigenvalue weighted by Crippen LogP contribution is -2.19. The first kappa shape index (κ1) is 12.9. The van der Waals surface area contributed by atoms with Gasteiger partial charge in [-0.25, -0.2) is 0 Å². The molecule has 0 aliphatic heterocycles. The molecule has 0 atom stereocenters. The van der Waals surface area contributed by atoms with Crippen LogP contribution in [0, 0.1) is 5.41 Å².